The summed E-state index contributed by atoms with van der Waals surface area (Å²) in [6.45, 7) is 1.79. The molecule has 1 unspecified atom stereocenters. The molecular formula is C12H10ClN3O2. The summed E-state index contributed by atoms with van der Waals surface area (Å²) >= 11 is 5.87. The molecule has 3 rings (SSSR count). The van der Waals surface area contributed by atoms with Gasteiger partial charge in [-0.15, -0.1) is 11.6 Å². The molecule has 0 fully saturated rings. The Bertz CT molecular complexity index is 675. The van der Waals surface area contributed by atoms with Crippen molar-refractivity contribution in [3.05, 3.63) is 41.7 Å². The van der Waals surface area contributed by atoms with E-state index in [1.807, 2.05) is 24.3 Å². The quantitative estimate of drug-likeness (QED) is 0.679. The highest BCUT2D eigenvalue weighted by Gasteiger charge is 2.15. The predicted molar refractivity (Wildman–Crippen MR) is 65.4 cm³/mol. The van der Waals surface area contributed by atoms with Crippen LogP contribution in [0.15, 0.2) is 33.3 Å². The van der Waals surface area contributed by atoms with Crippen molar-refractivity contribution in [2.24, 2.45) is 0 Å². The van der Waals surface area contributed by atoms with Crippen LogP contribution in [-0.4, -0.2) is 15.3 Å². The maximum absolute atomic E-state index is 5.87. The molecule has 6 heteroatoms. The number of para-hydroxylation sites is 1. The van der Waals surface area contributed by atoms with Gasteiger partial charge in [-0.25, -0.2) is 0 Å². The SMILES string of the molecule is CC(Cl)c1noc(Cc2noc3ccccc23)n1. The lowest BCUT2D eigenvalue weighted by Gasteiger charge is -1.91. The fourth-order valence-corrected chi connectivity index (χ4v) is 1.80. The molecule has 0 amide bonds. The lowest BCUT2D eigenvalue weighted by atomic mass is 10.2. The minimum Gasteiger partial charge on any atom is -0.356 e. The van der Waals surface area contributed by atoms with Crippen molar-refractivity contribution in [1.82, 2.24) is 15.3 Å². The Morgan fingerprint density at radius 2 is 2.06 bits per heavy atom. The standard InChI is InChI=1S/C12H10ClN3O2/c1-7(13)12-14-11(18-16-12)6-9-8-4-2-3-5-10(8)17-15-9/h2-5,7H,6H2,1H3. The number of nitrogens with zero attached hydrogens (tertiary/aromatic N) is 3. The van der Waals surface area contributed by atoms with E-state index in [0.29, 0.717) is 18.1 Å². The zero-order chi connectivity index (χ0) is 12.5. The summed E-state index contributed by atoms with van der Waals surface area (Å²) in [4.78, 5) is 4.20. The minimum absolute atomic E-state index is 0.267. The van der Waals surface area contributed by atoms with E-state index in [0.717, 1.165) is 16.7 Å². The second kappa shape index (κ2) is 4.42. The van der Waals surface area contributed by atoms with Gasteiger partial charge in [0.05, 0.1) is 11.8 Å². The van der Waals surface area contributed by atoms with E-state index < -0.39 is 0 Å². The molecule has 2 aromatic heterocycles. The van der Waals surface area contributed by atoms with Gasteiger partial charge in [-0.3, -0.25) is 0 Å². The van der Waals surface area contributed by atoms with Crippen LogP contribution in [0.1, 0.15) is 29.7 Å². The van der Waals surface area contributed by atoms with E-state index in [2.05, 4.69) is 15.3 Å². The first-order valence-corrected chi connectivity index (χ1v) is 5.97. The number of rotatable bonds is 3. The van der Waals surface area contributed by atoms with Gasteiger partial charge in [0.15, 0.2) is 11.4 Å². The van der Waals surface area contributed by atoms with Gasteiger partial charge in [0.1, 0.15) is 5.69 Å². The third kappa shape index (κ3) is 1.97. The van der Waals surface area contributed by atoms with Crippen molar-refractivity contribution in [1.29, 1.82) is 0 Å². The molecular weight excluding hydrogens is 254 g/mol. The van der Waals surface area contributed by atoms with Crippen LogP contribution in [0, 0.1) is 0 Å². The smallest absolute Gasteiger partial charge is 0.232 e. The highest BCUT2D eigenvalue weighted by atomic mass is 35.5. The van der Waals surface area contributed by atoms with Crippen molar-refractivity contribution in [3.63, 3.8) is 0 Å². The van der Waals surface area contributed by atoms with Crippen LogP contribution in [-0.2, 0) is 6.42 Å². The molecule has 5 nitrogen and oxygen atoms in total. The Morgan fingerprint density at radius 3 is 2.83 bits per heavy atom. The van der Waals surface area contributed by atoms with Crippen LogP contribution in [0.3, 0.4) is 0 Å². The van der Waals surface area contributed by atoms with Crippen LogP contribution in [0.2, 0.25) is 0 Å². The lowest BCUT2D eigenvalue weighted by molar-refractivity contribution is 0.375. The molecule has 3 aromatic rings. The summed E-state index contributed by atoms with van der Waals surface area (Å²) in [6.07, 6.45) is 0.438. The molecule has 0 aliphatic rings. The monoisotopic (exact) mass is 263 g/mol. The topological polar surface area (TPSA) is 65.0 Å². The van der Waals surface area contributed by atoms with Gasteiger partial charge in [-0.05, 0) is 19.1 Å². The summed E-state index contributed by atoms with van der Waals surface area (Å²) in [6, 6.07) is 7.65. The third-order valence-corrected chi connectivity index (χ3v) is 2.81. The van der Waals surface area contributed by atoms with Crippen molar-refractivity contribution >= 4 is 22.6 Å². The lowest BCUT2D eigenvalue weighted by Crippen LogP contribution is -1.91. The first-order chi connectivity index (χ1) is 8.74. The molecule has 0 aliphatic heterocycles. The Hall–Kier alpha value is -1.88. The van der Waals surface area contributed by atoms with Gasteiger partial charge in [0, 0.05) is 5.39 Å². The molecule has 0 radical (unpaired) electrons. The number of fused-ring (bicyclic) bond motifs is 1. The van der Waals surface area contributed by atoms with Crippen LogP contribution in [0.5, 0.6) is 0 Å². The average Bonchev–Trinajstić information content (AvgIpc) is 2.98. The van der Waals surface area contributed by atoms with Crippen LogP contribution >= 0.6 is 11.6 Å². The zero-order valence-electron chi connectivity index (χ0n) is 9.63. The number of halogens is 1. The highest BCUT2D eigenvalue weighted by molar-refractivity contribution is 6.20. The van der Waals surface area contributed by atoms with Crippen molar-refractivity contribution in [2.45, 2.75) is 18.7 Å². The maximum Gasteiger partial charge on any atom is 0.232 e. The van der Waals surface area contributed by atoms with Crippen LogP contribution in [0.25, 0.3) is 11.0 Å². The van der Waals surface area contributed by atoms with Crippen molar-refractivity contribution in [2.75, 3.05) is 0 Å². The fourth-order valence-electron chi connectivity index (χ4n) is 1.71. The van der Waals surface area contributed by atoms with Crippen LogP contribution in [0.4, 0.5) is 0 Å². The van der Waals surface area contributed by atoms with E-state index in [1.165, 1.54) is 0 Å². The summed E-state index contributed by atoms with van der Waals surface area (Å²) in [5.41, 5.74) is 1.53. The number of aromatic nitrogens is 3. The number of hydrogen-bond donors (Lipinski definition) is 0. The molecule has 0 saturated heterocycles. The normalized spacial score (nSPS) is 13.0. The van der Waals surface area contributed by atoms with Crippen molar-refractivity contribution < 1.29 is 9.05 Å². The van der Waals surface area contributed by atoms with E-state index in [9.17, 15) is 0 Å². The summed E-state index contributed by atoms with van der Waals surface area (Å²) in [5.74, 6) is 0.969. The first kappa shape index (κ1) is 11.2. The fraction of sp³-hybridized carbons (Fsp3) is 0.250. The number of alkyl halides is 1. The molecule has 1 aromatic carbocycles. The van der Waals surface area contributed by atoms with E-state index in [1.54, 1.807) is 6.92 Å². The van der Waals surface area contributed by atoms with Gasteiger partial charge in [0.2, 0.25) is 5.89 Å². The van der Waals surface area contributed by atoms with Gasteiger partial charge < -0.3 is 9.05 Å². The Kier molecular flexibility index (Phi) is 2.76. The molecule has 0 N–H and O–H groups in total. The second-order valence-corrected chi connectivity index (χ2v) is 4.62. The zero-order valence-corrected chi connectivity index (χ0v) is 10.4. The van der Waals surface area contributed by atoms with Gasteiger partial charge in [0.25, 0.3) is 0 Å². The Morgan fingerprint density at radius 1 is 1.22 bits per heavy atom. The molecule has 92 valence electrons. The van der Waals surface area contributed by atoms with E-state index in [-0.39, 0.29) is 5.38 Å². The van der Waals surface area contributed by atoms with Gasteiger partial charge >= 0.3 is 0 Å². The second-order valence-electron chi connectivity index (χ2n) is 3.96. The van der Waals surface area contributed by atoms with Crippen molar-refractivity contribution in [3.8, 4) is 0 Å². The third-order valence-electron chi connectivity index (χ3n) is 2.61. The maximum atomic E-state index is 5.87. The minimum atomic E-state index is -0.267. The highest BCUT2D eigenvalue weighted by Crippen LogP contribution is 2.21. The van der Waals surface area contributed by atoms with Crippen LogP contribution < -0.4 is 0 Å². The summed E-state index contributed by atoms with van der Waals surface area (Å²) in [5, 5.41) is 8.50. The molecule has 0 aliphatic carbocycles. The average molecular weight is 264 g/mol. The van der Waals surface area contributed by atoms with Gasteiger partial charge in [-0.1, -0.05) is 22.4 Å². The van der Waals surface area contributed by atoms with E-state index in [4.69, 9.17) is 20.6 Å². The Balaban J connectivity index is 1.91. The predicted octanol–water partition coefficient (Wildman–Crippen LogP) is 3.10. The number of benzene rings is 1. The Labute approximate surface area is 108 Å². The molecule has 0 bridgehead atoms. The summed E-state index contributed by atoms with van der Waals surface area (Å²) < 4.78 is 10.3. The summed E-state index contributed by atoms with van der Waals surface area (Å²) in [7, 11) is 0. The molecule has 2 heterocycles. The molecule has 0 spiro atoms. The molecule has 1 atom stereocenters. The molecule has 0 saturated carbocycles. The first-order valence-electron chi connectivity index (χ1n) is 5.54. The largest absolute Gasteiger partial charge is 0.356 e. The molecule has 18 heavy (non-hydrogen) atoms. The van der Waals surface area contributed by atoms with Gasteiger partial charge in [-0.2, -0.15) is 4.98 Å². The number of hydrogen-bond acceptors (Lipinski definition) is 5. The van der Waals surface area contributed by atoms with E-state index >= 15 is 0 Å².